The van der Waals surface area contributed by atoms with E-state index in [1.807, 2.05) is 6.92 Å². The van der Waals surface area contributed by atoms with Gasteiger partial charge in [0.15, 0.2) is 23.2 Å². The molecule has 3 aromatic heterocycles. The molecule has 0 bridgehead atoms. The maximum absolute atomic E-state index is 15.1. The van der Waals surface area contributed by atoms with Gasteiger partial charge in [-0.2, -0.15) is 9.67 Å². The van der Waals surface area contributed by atoms with Crippen molar-refractivity contribution < 1.29 is 19.0 Å². The first-order valence-electron chi connectivity index (χ1n) is 10.4. The third kappa shape index (κ3) is 4.96. The van der Waals surface area contributed by atoms with Crippen LogP contribution in [0.4, 0.5) is 4.39 Å². The SMILES string of the molecule is CCn1c(CO)nn(-c2nc(OC(C)C)c(C(=O)Cc3c(C)cc(C)nc3Cl)cc2F)c1=O. The van der Waals surface area contributed by atoms with Gasteiger partial charge < -0.3 is 9.84 Å². The molecule has 0 unspecified atom stereocenters. The highest BCUT2D eigenvalue weighted by atomic mass is 35.5. The van der Waals surface area contributed by atoms with Crippen molar-refractivity contribution in [2.24, 2.45) is 0 Å². The molecule has 0 fully saturated rings. The lowest BCUT2D eigenvalue weighted by Crippen LogP contribution is -2.26. The Kier molecular flexibility index (Phi) is 7.28. The quantitative estimate of drug-likeness (QED) is 0.392. The molecular formula is C22H25ClFN5O4. The number of hydrogen-bond acceptors (Lipinski definition) is 7. The molecule has 1 N–H and O–H groups in total. The molecule has 3 rings (SSSR count). The number of ether oxygens (including phenoxy) is 1. The molecule has 3 aromatic rings. The van der Waals surface area contributed by atoms with Crippen molar-refractivity contribution in [1.82, 2.24) is 24.3 Å². The molecule has 0 atom stereocenters. The predicted molar refractivity (Wildman–Crippen MR) is 120 cm³/mol. The first kappa shape index (κ1) is 24.5. The van der Waals surface area contributed by atoms with Crippen molar-refractivity contribution in [3.8, 4) is 11.7 Å². The van der Waals surface area contributed by atoms with E-state index in [0.29, 0.717) is 11.3 Å². The van der Waals surface area contributed by atoms with E-state index in [0.717, 1.165) is 16.3 Å². The standard InChI is InChI=1S/C22H25ClFN5O4/c1-6-28-18(10-30)27-29(22(28)32)20-16(24)8-15(21(26-20)33-11(2)3)17(31)9-14-12(4)7-13(5)25-19(14)23/h7-8,11,30H,6,9-10H2,1-5H3. The van der Waals surface area contributed by atoms with Crippen LogP contribution in [0.5, 0.6) is 5.88 Å². The van der Waals surface area contributed by atoms with E-state index in [9.17, 15) is 14.7 Å². The van der Waals surface area contributed by atoms with E-state index < -0.39 is 29.7 Å². The molecule has 9 nitrogen and oxygen atoms in total. The number of pyridine rings is 2. The molecule has 11 heteroatoms. The van der Waals surface area contributed by atoms with Gasteiger partial charge in [-0.3, -0.25) is 9.36 Å². The van der Waals surface area contributed by atoms with Crippen LogP contribution in [-0.4, -0.2) is 41.3 Å². The van der Waals surface area contributed by atoms with Crippen LogP contribution in [0.3, 0.4) is 0 Å². The average molecular weight is 478 g/mol. The van der Waals surface area contributed by atoms with E-state index >= 15 is 4.39 Å². The summed E-state index contributed by atoms with van der Waals surface area (Å²) in [4.78, 5) is 34.1. The van der Waals surface area contributed by atoms with E-state index in [-0.39, 0.29) is 41.5 Å². The van der Waals surface area contributed by atoms with Crippen LogP contribution in [0.1, 0.15) is 53.8 Å². The Morgan fingerprint density at radius 3 is 2.52 bits per heavy atom. The summed E-state index contributed by atoms with van der Waals surface area (Å²) in [6, 6.07) is 2.78. The number of aliphatic hydroxyl groups is 1. The maximum Gasteiger partial charge on any atom is 0.352 e. The van der Waals surface area contributed by atoms with Crippen molar-refractivity contribution in [3.05, 3.63) is 61.8 Å². The topological polar surface area (TPSA) is 112 Å². The minimum absolute atomic E-state index is 0.0622. The van der Waals surface area contributed by atoms with Crippen LogP contribution in [0, 0.1) is 19.7 Å². The van der Waals surface area contributed by atoms with Crippen molar-refractivity contribution in [2.75, 3.05) is 0 Å². The number of Topliss-reactive ketones (excluding diaryl/α,β-unsaturated/α-hetero) is 1. The van der Waals surface area contributed by atoms with E-state index in [2.05, 4.69) is 15.1 Å². The summed E-state index contributed by atoms with van der Waals surface area (Å²) in [6.45, 7) is 8.48. The second-order valence-corrected chi connectivity index (χ2v) is 8.13. The second-order valence-electron chi connectivity index (χ2n) is 7.78. The Labute approximate surface area is 194 Å². The molecule has 33 heavy (non-hydrogen) atoms. The van der Waals surface area contributed by atoms with Crippen LogP contribution < -0.4 is 10.4 Å². The smallest absolute Gasteiger partial charge is 0.352 e. The fraction of sp³-hybridized carbons (Fsp3) is 0.409. The van der Waals surface area contributed by atoms with Gasteiger partial charge in [-0.25, -0.2) is 14.2 Å². The largest absolute Gasteiger partial charge is 0.474 e. The van der Waals surface area contributed by atoms with E-state index in [4.69, 9.17) is 16.3 Å². The lowest BCUT2D eigenvalue weighted by Gasteiger charge is -2.15. The highest BCUT2D eigenvalue weighted by Gasteiger charge is 2.25. The van der Waals surface area contributed by atoms with Crippen molar-refractivity contribution in [1.29, 1.82) is 0 Å². The van der Waals surface area contributed by atoms with Crippen molar-refractivity contribution >= 4 is 17.4 Å². The molecule has 176 valence electrons. The van der Waals surface area contributed by atoms with Crippen LogP contribution in [0.15, 0.2) is 16.9 Å². The summed E-state index contributed by atoms with van der Waals surface area (Å²) >= 11 is 6.24. The summed E-state index contributed by atoms with van der Waals surface area (Å²) in [7, 11) is 0. The van der Waals surface area contributed by atoms with Gasteiger partial charge in [0.05, 0.1) is 11.7 Å². The third-order valence-electron chi connectivity index (χ3n) is 4.93. The summed E-state index contributed by atoms with van der Waals surface area (Å²) in [5.74, 6) is -1.91. The number of aryl methyl sites for hydroxylation is 2. The van der Waals surface area contributed by atoms with Crippen LogP contribution >= 0.6 is 11.6 Å². The number of nitrogens with zero attached hydrogens (tertiary/aromatic N) is 5. The van der Waals surface area contributed by atoms with Gasteiger partial charge >= 0.3 is 5.69 Å². The van der Waals surface area contributed by atoms with Crippen LogP contribution in [-0.2, 0) is 19.6 Å². The Morgan fingerprint density at radius 2 is 1.97 bits per heavy atom. The van der Waals surface area contributed by atoms with Gasteiger partial charge in [0.1, 0.15) is 11.8 Å². The summed E-state index contributed by atoms with van der Waals surface area (Å²) < 4.78 is 22.7. The highest BCUT2D eigenvalue weighted by molar-refractivity contribution is 6.30. The maximum atomic E-state index is 15.1. The predicted octanol–water partition coefficient (Wildman–Crippen LogP) is 2.96. The zero-order chi connectivity index (χ0) is 24.4. The average Bonchev–Trinajstić information content (AvgIpc) is 3.06. The summed E-state index contributed by atoms with van der Waals surface area (Å²) in [5, 5.41) is 13.6. The normalized spacial score (nSPS) is 11.3. The van der Waals surface area contributed by atoms with Gasteiger partial charge in [-0.1, -0.05) is 11.6 Å². The molecule has 3 heterocycles. The van der Waals surface area contributed by atoms with Crippen LogP contribution in [0.25, 0.3) is 5.82 Å². The zero-order valence-electron chi connectivity index (χ0n) is 19.0. The Morgan fingerprint density at radius 1 is 1.27 bits per heavy atom. The molecule has 0 aliphatic rings. The molecule has 0 spiro atoms. The number of ketones is 1. The molecule has 0 aliphatic heterocycles. The first-order valence-corrected chi connectivity index (χ1v) is 10.8. The Hall–Kier alpha value is -3.11. The van der Waals surface area contributed by atoms with Gasteiger partial charge in [-0.15, -0.1) is 5.10 Å². The number of aromatic nitrogens is 5. The molecule has 0 aliphatic carbocycles. The molecule has 0 saturated carbocycles. The van der Waals surface area contributed by atoms with Gasteiger partial charge in [0.2, 0.25) is 5.88 Å². The number of rotatable bonds is 8. The fourth-order valence-electron chi connectivity index (χ4n) is 3.42. The minimum Gasteiger partial charge on any atom is -0.474 e. The third-order valence-corrected chi connectivity index (χ3v) is 5.24. The fourth-order valence-corrected chi connectivity index (χ4v) is 3.77. The minimum atomic E-state index is -0.938. The van der Waals surface area contributed by atoms with Gasteiger partial charge in [0, 0.05) is 24.2 Å². The molecule has 0 amide bonds. The first-order chi connectivity index (χ1) is 15.6. The molecular weight excluding hydrogens is 453 g/mol. The lowest BCUT2D eigenvalue weighted by molar-refractivity contribution is 0.0985. The highest BCUT2D eigenvalue weighted by Crippen LogP contribution is 2.26. The summed E-state index contributed by atoms with van der Waals surface area (Å²) in [5.41, 5.74) is 1.26. The number of aliphatic hydroxyl groups excluding tert-OH is 1. The molecule has 0 aromatic carbocycles. The van der Waals surface area contributed by atoms with Crippen molar-refractivity contribution in [2.45, 2.75) is 60.3 Å². The second kappa shape index (κ2) is 9.80. The number of halogens is 2. The lowest BCUT2D eigenvalue weighted by atomic mass is 10.0. The Bertz CT molecular complexity index is 1250. The zero-order valence-corrected chi connectivity index (χ0v) is 19.8. The number of carbonyl (C=O) groups excluding carboxylic acids is 1. The van der Waals surface area contributed by atoms with Crippen LogP contribution in [0.2, 0.25) is 5.15 Å². The van der Waals surface area contributed by atoms with Gasteiger partial charge in [0.25, 0.3) is 0 Å². The van der Waals surface area contributed by atoms with E-state index in [1.165, 1.54) is 4.57 Å². The molecule has 0 saturated heterocycles. The number of carbonyl (C=O) groups is 1. The summed E-state index contributed by atoms with van der Waals surface area (Å²) in [6.07, 6.45) is -0.516. The number of hydrogen-bond donors (Lipinski definition) is 1. The molecule has 0 radical (unpaired) electrons. The van der Waals surface area contributed by atoms with Crippen molar-refractivity contribution in [3.63, 3.8) is 0 Å². The van der Waals surface area contributed by atoms with E-state index in [1.54, 1.807) is 33.8 Å². The Balaban J connectivity index is 2.11. The monoisotopic (exact) mass is 477 g/mol. The van der Waals surface area contributed by atoms with Gasteiger partial charge in [-0.05, 0) is 52.3 Å².